The Labute approximate surface area is 117 Å². The van der Waals surface area contributed by atoms with Crippen LogP contribution in [0.4, 0.5) is 22.9 Å². The van der Waals surface area contributed by atoms with Crippen molar-refractivity contribution in [3.63, 3.8) is 0 Å². The van der Waals surface area contributed by atoms with Crippen LogP contribution in [-0.2, 0) is 0 Å². The molecule has 2 N–H and O–H groups in total. The van der Waals surface area contributed by atoms with Crippen molar-refractivity contribution in [3.05, 3.63) is 72.9 Å². The van der Waals surface area contributed by atoms with Crippen molar-refractivity contribution in [1.82, 2.24) is 10.2 Å². The van der Waals surface area contributed by atoms with E-state index >= 15 is 0 Å². The molecule has 3 rings (SSSR count). The maximum atomic E-state index is 4.15. The Morgan fingerprint density at radius 1 is 0.650 bits per heavy atom. The summed E-state index contributed by atoms with van der Waals surface area (Å²) >= 11 is 0. The summed E-state index contributed by atoms with van der Waals surface area (Å²) in [4.78, 5) is 0. The largest absolute Gasteiger partial charge is 0.352 e. The smallest absolute Gasteiger partial charge is 0.176 e. The molecule has 1 aromatic heterocycles. The molecular weight excluding hydrogens is 248 g/mol. The molecule has 4 nitrogen and oxygen atoms in total. The molecular formula is C16H14N4. The van der Waals surface area contributed by atoms with Gasteiger partial charge in [0.05, 0.1) is 11.9 Å². The first-order chi connectivity index (χ1) is 9.92. The quantitative estimate of drug-likeness (QED) is 0.747. The van der Waals surface area contributed by atoms with E-state index in [4.69, 9.17) is 0 Å². The van der Waals surface area contributed by atoms with Crippen molar-refractivity contribution in [2.24, 2.45) is 0 Å². The Morgan fingerprint density at radius 3 is 1.90 bits per heavy atom. The van der Waals surface area contributed by atoms with Crippen molar-refractivity contribution in [2.45, 2.75) is 0 Å². The number of nitrogens with one attached hydrogen (secondary N) is 2. The number of aromatic nitrogens is 2. The van der Waals surface area contributed by atoms with Crippen molar-refractivity contribution >= 4 is 22.9 Å². The van der Waals surface area contributed by atoms with Crippen LogP contribution in [0, 0.1) is 0 Å². The fourth-order valence-corrected chi connectivity index (χ4v) is 1.86. The van der Waals surface area contributed by atoms with Gasteiger partial charge in [0.25, 0.3) is 0 Å². The van der Waals surface area contributed by atoms with E-state index in [-0.39, 0.29) is 0 Å². The van der Waals surface area contributed by atoms with Crippen LogP contribution >= 0.6 is 0 Å². The van der Waals surface area contributed by atoms with E-state index in [1.807, 2.05) is 66.7 Å². The molecule has 0 atom stereocenters. The molecule has 2 aromatic carbocycles. The van der Waals surface area contributed by atoms with Gasteiger partial charge >= 0.3 is 0 Å². The summed E-state index contributed by atoms with van der Waals surface area (Å²) in [5, 5.41) is 14.7. The number of rotatable bonds is 4. The zero-order chi connectivity index (χ0) is 13.6. The minimum atomic E-state index is 0.697. The molecule has 1 heterocycles. The number of anilines is 4. The van der Waals surface area contributed by atoms with Gasteiger partial charge in [-0.25, -0.2) is 0 Å². The predicted octanol–water partition coefficient (Wildman–Crippen LogP) is 3.96. The van der Waals surface area contributed by atoms with Crippen LogP contribution in [0.15, 0.2) is 72.9 Å². The second-order valence-electron chi connectivity index (χ2n) is 4.28. The van der Waals surface area contributed by atoms with E-state index < -0.39 is 0 Å². The van der Waals surface area contributed by atoms with Crippen molar-refractivity contribution in [1.29, 1.82) is 0 Å². The highest BCUT2D eigenvalue weighted by Crippen LogP contribution is 2.25. The van der Waals surface area contributed by atoms with E-state index in [9.17, 15) is 0 Å². The second-order valence-corrected chi connectivity index (χ2v) is 4.28. The summed E-state index contributed by atoms with van der Waals surface area (Å²) in [6, 6.07) is 21.8. The summed E-state index contributed by atoms with van der Waals surface area (Å²) in [6.07, 6.45) is 1.67. The maximum Gasteiger partial charge on any atom is 0.176 e. The van der Waals surface area contributed by atoms with Gasteiger partial charge in [-0.3, -0.25) is 0 Å². The molecule has 0 aliphatic heterocycles. The lowest BCUT2D eigenvalue weighted by atomic mass is 10.3. The van der Waals surface area contributed by atoms with E-state index in [1.165, 1.54) is 0 Å². The van der Waals surface area contributed by atoms with Gasteiger partial charge < -0.3 is 10.6 Å². The van der Waals surface area contributed by atoms with E-state index in [0.29, 0.717) is 5.82 Å². The molecule has 0 unspecified atom stereocenters. The SMILES string of the molecule is c1ccc(Nc2ccnnc2Nc2ccccc2)cc1. The summed E-state index contributed by atoms with van der Waals surface area (Å²) in [7, 11) is 0. The monoisotopic (exact) mass is 262 g/mol. The molecule has 0 amide bonds. The predicted molar refractivity (Wildman–Crippen MR) is 81.5 cm³/mol. The Balaban J connectivity index is 1.85. The molecule has 0 aliphatic rings. The summed E-state index contributed by atoms with van der Waals surface area (Å²) < 4.78 is 0. The van der Waals surface area contributed by atoms with Gasteiger partial charge in [-0.1, -0.05) is 36.4 Å². The Hall–Kier alpha value is -2.88. The fourth-order valence-electron chi connectivity index (χ4n) is 1.86. The molecule has 0 fully saturated rings. The molecule has 20 heavy (non-hydrogen) atoms. The summed E-state index contributed by atoms with van der Waals surface area (Å²) in [5.41, 5.74) is 2.87. The van der Waals surface area contributed by atoms with Crippen molar-refractivity contribution in [3.8, 4) is 0 Å². The number of hydrogen-bond donors (Lipinski definition) is 2. The van der Waals surface area contributed by atoms with E-state index in [2.05, 4.69) is 20.8 Å². The highest BCUT2D eigenvalue weighted by Gasteiger charge is 2.04. The van der Waals surface area contributed by atoms with E-state index in [0.717, 1.165) is 17.1 Å². The third kappa shape index (κ3) is 2.92. The van der Waals surface area contributed by atoms with Crippen molar-refractivity contribution in [2.75, 3.05) is 10.6 Å². The van der Waals surface area contributed by atoms with Crippen LogP contribution in [-0.4, -0.2) is 10.2 Å². The lowest BCUT2D eigenvalue weighted by Crippen LogP contribution is -2.00. The van der Waals surface area contributed by atoms with Crippen LogP contribution in [0.5, 0.6) is 0 Å². The Morgan fingerprint density at radius 2 is 1.25 bits per heavy atom. The zero-order valence-electron chi connectivity index (χ0n) is 10.8. The lowest BCUT2D eigenvalue weighted by Gasteiger charge is -2.11. The van der Waals surface area contributed by atoms with E-state index in [1.54, 1.807) is 6.20 Å². The van der Waals surface area contributed by atoms with Gasteiger partial charge in [0.2, 0.25) is 0 Å². The van der Waals surface area contributed by atoms with Gasteiger partial charge in [-0.05, 0) is 30.3 Å². The molecule has 0 saturated heterocycles. The number of nitrogens with zero attached hydrogens (tertiary/aromatic N) is 2. The van der Waals surface area contributed by atoms with Crippen LogP contribution in [0.3, 0.4) is 0 Å². The molecule has 0 spiro atoms. The number of para-hydroxylation sites is 2. The normalized spacial score (nSPS) is 10.0. The summed E-state index contributed by atoms with van der Waals surface area (Å²) in [6.45, 7) is 0. The molecule has 4 heteroatoms. The van der Waals surface area contributed by atoms with Gasteiger partial charge in [0, 0.05) is 11.4 Å². The fraction of sp³-hybridized carbons (Fsp3) is 0. The van der Waals surface area contributed by atoms with Crippen LogP contribution in [0.2, 0.25) is 0 Å². The minimum Gasteiger partial charge on any atom is -0.352 e. The first kappa shape index (κ1) is 12.2. The number of benzene rings is 2. The highest BCUT2D eigenvalue weighted by molar-refractivity contribution is 5.74. The average Bonchev–Trinajstić information content (AvgIpc) is 2.51. The number of hydrogen-bond acceptors (Lipinski definition) is 4. The standard InChI is InChI=1S/C16H14N4/c1-3-7-13(8-4-1)18-15-11-12-17-20-16(15)19-14-9-5-2-6-10-14/h1-12H,(H,17,18)(H,19,20). The average molecular weight is 262 g/mol. The zero-order valence-corrected chi connectivity index (χ0v) is 10.8. The Bertz CT molecular complexity index is 608. The van der Waals surface area contributed by atoms with Gasteiger partial charge in [0.1, 0.15) is 0 Å². The topological polar surface area (TPSA) is 49.8 Å². The molecule has 3 aromatic rings. The van der Waals surface area contributed by atoms with Crippen LogP contribution in [0.25, 0.3) is 0 Å². The van der Waals surface area contributed by atoms with Gasteiger partial charge in [-0.15, -0.1) is 5.10 Å². The van der Waals surface area contributed by atoms with Crippen molar-refractivity contribution < 1.29 is 0 Å². The van der Waals surface area contributed by atoms with Crippen LogP contribution in [0.1, 0.15) is 0 Å². The molecule has 0 saturated carbocycles. The minimum absolute atomic E-state index is 0.697. The lowest BCUT2D eigenvalue weighted by molar-refractivity contribution is 1.04. The third-order valence-electron chi connectivity index (χ3n) is 2.81. The van der Waals surface area contributed by atoms with Gasteiger partial charge in [0.15, 0.2) is 5.82 Å². The Kier molecular flexibility index (Phi) is 3.55. The van der Waals surface area contributed by atoms with Crippen LogP contribution < -0.4 is 10.6 Å². The highest BCUT2D eigenvalue weighted by atomic mass is 15.2. The molecule has 0 aliphatic carbocycles. The maximum absolute atomic E-state index is 4.15. The molecule has 0 radical (unpaired) electrons. The first-order valence-electron chi connectivity index (χ1n) is 6.38. The third-order valence-corrected chi connectivity index (χ3v) is 2.81. The van der Waals surface area contributed by atoms with Gasteiger partial charge in [-0.2, -0.15) is 5.10 Å². The summed E-state index contributed by atoms with van der Waals surface area (Å²) in [5.74, 6) is 0.697. The molecule has 98 valence electrons. The second kappa shape index (κ2) is 5.84. The molecule has 0 bridgehead atoms. The first-order valence-corrected chi connectivity index (χ1v) is 6.38.